The molecule has 2 heterocycles. The summed E-state index contributed by atoms with van der Waals surface area (Å²) < 4.78 is 1.98. The fourth-order valence-electron chi connectivity index (χ4n) is 3.20. The molecule has 0 saturated carbocycles. The number of thiophene rings is 1. The highest BCUT2D eigenvalue weighted by atomic mass is 32.2. The van der Waals surface area contributed by atoms with Gasteiger partial charge in [0.05, 0.1) is 0 Å². The molecule has 2 aromatic heterocycles. The molecular formula is C24H22N4O2S2. The van der Waals surface area contributed by atoms with Gasteiger partial charge in [-0.2, -0.15) is 0 Å². The number of hydrogen-bond acceptors (Lipinski definition) is 6. The molecule has 4 aromatic rings. The van der Waals surface area contributed by atoms with Gasteiger partial charge < -0.3 is 9.88 Å². The Hall–Kier alpha value is -3.23. The number of anilines is 1. The second kappa shape index (κ2) is 10.4. The predicted molar refractivity (Wildman–Crippen MR) is 128 cm³/mol. The molecule has 162 valence electrons. The molecule has 0 aliphatic heterocycles. The number of rotatable bonds is 9. The van der Waals surface area contributed by atoms with E-state index in [0.29, 0.717) is 16.4 Å². The van der Waals surface area contributed by atoms with E-state index in [2.05, 4.69) is 27.0 Å². The average Bonchev–Trinajstić information content (AvgIpc) is 3.48. The van der Waals surface area contributed by atoms with Gasteiger partial charge in [-0.05, 0) is 42.5 Å². The van der Waals surface area contributed by atoms with E-state index >= 15 is 0 Å². The number of ketones is 1. The fourth-order valence-corrected chi connectivity index (χ4v) is 4.94. The van der Waals surface area contributed by atoms with Crippen molar-refractivity contribution in [2.45, 2.75) is 30.3 Å². The Kier molecular flexibility index (Phi) is 7.14. The summed E-state index contributed by atoms with van der Waals surface area (Å²) in [7, 11) is 0. The lowest BCUT2D eigenvalue weighted by Gasteiger charge is -2.17. The molecule has 0 saturated heterocycles. The third kappa shape index (κ3) is 5.52. The van der Waals surface area contributed by atoms with E-state index in [1.165, 1.54) is 23.6 Å². The standard InChI is InChI=1S/C24H22N4O2S2/c1-17(29)19-9-5-10-20(15-19)26-23(30)22(18-7-3-2-4-8-18)32-24-27-25-16-28(24)13-12-21-11-6-14-31-21/h2-11,14-16,22H,12-13H2,1H3,(H,26,30). The zero-order valence-corrected chi connectivity index (χ0v) is 19.1. The minimum atomic E-state index is -0.526. The van der Waals surface area contributed by atoms with Crippen LogP contribution in [0.25, 0.3) is 0 Å². The van der Waals surface area contributed by atoms with Gasteiger partial charge in [-0.15, -0.1) is 21.5 Å². The maximum Gasteiger partial charge on any atom is 0.242 e. The number of carbonyl (C=O) groups is 2. The van der Waals surface area contributed by atoms with Crippen molar-refractivity contribution in [3.63, 3.8) is 0 Å². The highest BCUT2D eigenvalue weighted by molar-refractivity contribution is 8.00. The molecule has 1 unspecified atom stereocenters. The van der Waals surface area contributed by atoms with Gasteiger partial charge in [0, 0.05) is 22.7 Å². The molecular weight excluding hydrogens is 440 g/mol. The van der Waals surface area contributed by atoms with Gasteiger partial charge in [0.2, 0.25) is 5.91 Å². The summed E-state index contributed by atoms with van der Waals surface area (Å²) in [6, 6.07) is 20.7. The zero-order chi connectivity index (χ0) is 22.3. The van der Waals surface area contributed by atoms with Crippen molar-refractivity contribution >= 4 is 40.5 Å². The smallest absolute Gasteiger partial charge is 0.242 e. The molecule has 0 aliphatic rings. The Morgan fingerprint density at radius 3 is 2.69 bits per heavy atom. The maximum atomic E-state index is 13.3. The van der Waals surface area contributed by atoms with Crippen LogP contribution in [0.1, 0.15) is 33.0 Å². The molecule has 0 bridgehead atoms. The number of carbonyl (C=O) groups excluding carboxylic acids is 2. The highest BCUT2D eigenvalue weighted by Crippen LogP contribution is 2.35. The summed E-state index contributed by atoms with van der Waals surface area (Å²) in [5.41, 5.74) is 2.01. The number of aryl methyl sites for hydroxylation is 2. The monoisotopic (exact) mass is 462 g/mol. The Bertz CT molecular complexity index is 1190. The van der Waals surface area contributed by atoms with Crippen molar-refractivity contribution in [2.75, 3.05) is 5.32 Å². The largest absolute Gasteiger partial charge is 0.325 e. The normalized spacial score (nSPS) is 11.8. The van der Waals surface area contributed by atoms with Crippen LogP contribution in [0.4, 0.5) is 5.69 Å². The van der Waals surface area contributed by atoms with Gasteiger partial charge in [-0.3, -0.25) is 9.59 Å². The third-order valence-corrected chi connectivity index (χ3v) is 7.04. The molecule has 0 radical (unpaired) electrons. The topological polar surface area (TPSA) is 76.9 Å². The first kappa shape index (κ1) is 22.0. The Morgan fingerprint density at radius 2 is 1.94 bits per heavy atom. The zero-order valence-electron chi connectivity index (χ0n) is 17.5. The first-order valence-electron chi connectivity index (χ1n) is 10.1. The van der Waals surface area contributed by atoms with Crippen LogP contribution < -0.4 is 5.32 Å². The van der Waals surface area contributed by atoms with E-state index in [1.54, 1.807) is 41.9 Å². The summed E-state index contributed by atoms with van der Waals surface area (Å²) in [6.07, 6.45) is 2.58. The van der Waals surface area contributed by atoms with E-state index < -0.39 is 5.25 Å². The molecule has 6 nitrogen and oxygen atoms in total. The van der Waals surface area contributed by atoms with Crippen molar-refractivity contribution < 1.29 is 9.59 Å². The van der Waals surface area contributed by atoms with Crippen LogP contribution in [0, 0.1) is 0 Å². The van der Waals surface area contributed by atoms with Gasteiger partial charge in [-0.1, -0.05) is 60.3 Å². The number of aromatic nitrogens is 3. The molecule has 0 fully saturated rings. The van der Waals surface area contributed by atoms with E-state index in [1.807, 2.05) is 41.0 Å². The molecule has 2 aromatic carbocycles. The number of amides is 1. The lowest BCUT2D eigenvalue weighted by molar-refractivity contribution is -0.115. The highest BCUT2D eigenvalue weighted by Gasteiger charge is 2.25. The Morgan fingerprint density at radius 1 is 1.09 bits per heavy atom. The van der Waals surface area contributed by atoms with E-state index in [9.17, 15) is 9.59 Å². The second-order valence-corrected chi connectivity index (χ2v) is 9.28. The number of Topliss-reactive ketones (excluding diaryl/α,β-unsaturated/α-hetero) is 1. The van der Waals surface area contributed by atoms with Gasteiger partial charge in [0.25, 0.3) is 0 Å². The number of thioether (sulfide) groups is 1. The summed E-state index contributed by atoms with van der Waals surface area (Å²) in [5, 5.41) is 13.5. The van der Waals surface area contributed by atoms with Crippen molar-refractivity contribution in [2.24, 2.45) is 0 Å². The quantitative estimate of drug-likeness (QED) is 0.271. The molecule has 0 aliphatic carbocycles. The van der Waals surface area contributed by atoms with Crippen LogP contribution in [0.2, 0.25) is 0 Å². The van der Waals surface area contributed by atoms with Gasteiger partial charge >= 0.3 is 0 Å². The fraction of sp³-hybridized carbons (Fsp3) is 0.167. The van der Waals surface area contributed by atoms with Crippen molar-refractivity contribution in [1.82, 2.24) is 14.8 Å². The van der Waals surface area contributed by atoms with Crippen LogP contribution >= 0.6 is 23.1 Å². The van der Waals surface area contributed by atoms with E-state index in [4.69, 9.17) is 0 Å². The first-order valence-corrected chi connectivity index (χ1v) is 11.9. The van der Waals surface area contributed by atoms with E-state index in [-0.39, 0.29) is 11.7 Å². The Labute approximate surface area is 194 Å². The lowest BCUT2D eigenvalue weighted by Crippen LogP contribution is -2.20. The molecule has 1 N–H and O–H groups in total. The minimum absolute atomic E-state index is 0.0473. The summed E-state index contributed by atoms with van der Waals surface area (Å²) in [6.45, 7) is 2.24. The summed E-state index contributed by atoms with van der Waals surface area (Å²) >= 11 is 3.09. The average molecular weight is 463 g/mol. The van der Waals surface area contributed by atoms with Gasteiger partial charge in [0.15, 0.2) is 10.9 Å². The summed E-state index contributed by atoms with van der Waals surface area (Å²) in [4.78, 5) is 26.3. The van der Waals surface area contributed by atoms with Gasteiger partial charge in [0.1, 0.15) is 11.6 Å². The van der Waals surface area contributed by atoms with E-state index in [0.717, 1.165) is 18.5 Å². The molecule has 1 atom stereocenters. The van der Waals surface area contributed by atoms with Crippen LogP contribution in [0.15, 0.2) is 83.6 Å². The number of nitrogens with one attached hydrogen (secondary N) is 1. The SMILES string of the molecule is CC(=O)c1cccc(NC(=O)C(Sc2nncn2CCc2cccs2)c2ccccc2)c1. The lowest BCUT2D eigenvalue weighted by atomic mass is 10.1. The van der Waals surface area contributed by atoms with Crippen LogP contribution in [-0.2, 0) is 17.8 Å². The van der Waals surface area contributed by atoms with Crippen molar-refractivity contribution in [3.8, 4) is 0 Å². The molecule has 4 rings (SSSR count). The molecule has 8 heteroatoms. The predicted octanol–water partition coefficient (Wildman–Crippen LogP) is 5.26. The Balaban J connectivity index is 1.54. The van der Waals surface area contributed by atoms with Crippen LogP contribution in [0.5, 0.6) is 0 Å². The molecule has 32 heavy (non-hydrogen) atoms. The number of nitrogens with zero attached hydrogens (tertiary/aromatic N) is 3. The molecule has 1 amide bonds. The minimum Gasteiger partial charge on any atom is -0.325 e. The van der Waals surface area contributed by atoms with Crippen molar-refractivity contribution in [1.29, 1.82) is 0 Å². The maximum absolute atomic E-state index is 13.3. The van der Waals surface area contributed by atoms with Crippen molar-refractivity contribution in [3.05, 3.63) is 94.4 Å². The third-order valence-electron chi connectivity index (χ3n) is 4.86. The van der Waals surface area contributed by atoms with Crippen LogP contribution in [-0.4, -0.2) is 26.5 Å². The second-order valence-electron chi connectivity index (χ2n) is 7.17. The van der Waals surface area contributed by atoms with Gasteiger partial charge in [-0.25, -0.2) is 0 Å². The number of hydrogen-bond donors (Lipinski definition) is 1. The molecule has 0 spiro atoms. The number of benzene rings is 2. The first-order chi connectivity index (χ1) is 15.6. The van der Waals surface area contributed by atoms with Crippen LogP contribution in [0.3, 0.4) is 0 Å². The summed E-state index contributed by atoms with van der Waals surface area (Å²) in [5.74, 6) is -0.233.